The summed E-state index contributed by atoms with van der Waals surface area (Å²) in [4.78, 5) is 15.5. The second-order valence-electron chi connectivity index (χ2n) is 8.61. The van der Waals surface area contributed by atoms with Gasteiger partial charge in [0.25, 0.3) is 0 Å². The Morgan fingerprint density at radius 1 is 1.48 bits per heavy atom. The molecule has 1 aliphatic heterocycles. The average Bonchev–Trinajstić information content (AvgIpc) is 3.30. The summed E-state index contributed by atoms with van der Waals surface area (Å²) in [6, 6.07) is 0. The third-order valence-corrected chi connectivity index (χ3v) is 6.11. The molecule has 176 valence electrons. The highest BCUT2D eigenvalue weighted by Crippen LogP contribution is 2.50. The van der Waals surface area contributed by atoms with Gasteiger partial charge in [0.15, 0.2) is 0 Å². The van der Waals surface area contributed by atoms with Crippen molar-refractivity contribution in [1.29, 1.82) is 0 Å². The van der Waals surface area contributed by atoms with E-state index in [1.54, 1.807) is 31.4 Å². The average molecular weight is 452 g/mol. The largest absolute Gasteiger partial charge is 0.383 e. The van der Waals surface area contributed by atoms with Crippen LogP contribution in [0, 0.1) is 23.2 Å². The van der Waals surface area contributed by atoms with Gasteiger partial charge in [-0.15, -0.1) is 0 Å². The molecule has 2 rings (SSSR count). The number of allylic oxidation sites excluding steroid dienone is 4. The highest BCUT2D eigenvalue weighted by Gasteiger charge is 2.51. The molecule has 0 spiro atoms. The molecule has 2 aliphatic rings. The number of nitrogens with one attached hydrogen (secondary N) is 1. The van der Waals surface area contributed by atoms with Gasteiger partial charge in [0.05, 0.1) is 12.5 Å². The number of aliphatic imine (C=N–C) groups is 1. The molecule has 1 aliphatic carbocycles. The SMILES string of the molecule is C=C/C(=C\C#CC(C)C(N)=O)CNC(=C)CN=CC(=C)C1(C2(C)C=CC(F)=CC2)CCCO1. The first kappa shape index (κ1) is 26.1. The molecular weight excluding hydrogens is 417 g/mol. The summed E-state index contributed by atoms with van der Waals surface area (Å²) in [5, 5.41) is 3.19. The Kier molecular flexibility index (Phi) is 9.19. The van der Waals surface area contributed by atoms with E-state index in [0.29, 0.717) is 26.1 Å². The molecule has 1 amide bonds. The van der Waals surface area contributed by atoms with Crippen LogP contribution in [-0.4, -0.2) is 37.4 Å². The van der Waals surface area contributed by atoms with Crippen molar-refractivity contribution in [2.24, 2.45) is 22.1 Å². The number of halogens is 1. The van der Waals surface area contributed by atoms with Crippen molar-refractivity contribution in [3.63, 3.8) is 0 Å². The number of ether oxygens (including phenoxy) is 1. The number of primary amides is 1. The van der Waals surface area contributed by atoms with Crippen molar-refractivity contribution in [3.8, 4) is 11.8 Å². The molecule has 1 saturated heterocycles. The van der Waals surface area contributed by atoms with Gasteiger partial charge in [0.1, 0.15) is 11.4 Å². The van der Waals surface area contributed by atoms with E-state index >= 15 is 0 Å². The number of nitrogens with two attached hydrogens (primary N) is 1. The third kappa shape index (κ3) is 6.66. The zero-order chi connectivity index (χ0) is 24.5. The molecule has 0 radical (unpaired) electrons. The maximum absolute atomic E-state index is 13.6. The number of hydrogen-bond donors (Lipinski definition) is 2. The van der Waals surface area contributed by atoms with Crippen LogP contribution in [0.25, 0.3) is 0 Å². The van der Waals surface area contributed by atoms with Crippen LogP contribution in [-0.2, 0) is 9.53 Å². The fourth-order valence-corrected chi connectivity index (χ4v) is 3.88. The highest BCUT2D eigenvalue weighted by atomic mass is 19.1. The zero-order valence-corrected chi connectivity index (χ0v) is 19.6. The molecule has 0 aromatic rings. The minimum absolute atomic E-state index is 0.219. The Balaban J connectivity index is 1.94. The summed E-state index contributed by atoms with van der Waals surface area (Å²) >= 11 is 0. The van der Waals surface area contributed by atoms with E-state index in [1.807, 2.05) is 6.08 Å². The first-order valence-electron chi connectivity index (χ1n) is 11.0. The van der Waals surface area contributed by atoms with Crippen molar-refractivity contribution in [2.75, 3.05) is 19.7 Å². The third-order valence-electron chi connectivity index (χ3n) is 6.11. The lowest BCUT2D eigenvalue weighted by Crippen LogP contribution is -2.47. The zero-order valence-electron chi connectivity index (χ0n) is 19.6. The summed E-state index contributed by atoms with van der Waals surface area (Å²) in [5.74, 6) is 4.42. The Labute approximate surface area is 196 Å². The molecule has 3 atom stereocenters. The summed E-state index contributed by atoms with van der Waals surface area (Å²) in [6.45, 7) is 17.3. The monoisotopic (exact) mass is 451 g/mol. The Hall–Kier alpha value is -3.17. The van der Waals surface area contributed by atoms with Gasteiger partial charge in [-0.3, -0.25) is 9.79 Å². The molecule has 5 nitrogen and oxygen atoms in total. The summed E-state index contributed by atoms with van der Waals surface area (Å²) in [6.07, 6.45) is 12.4. The number of carbonyl (C=O) groups excluding carboxylic acids is 1. The standard InChI is InChI=1S/C27H34FN3O2/c1-6-23(10-7-9-20(2)25(29)32)19-31-22(4)18-30-17-21(3)27(13-8-16-33-27)26(5)14-11-24(28)12-15-26/h6,10-12,14,17,20,31H,1,3-4,8,13,15-16,18-19H2,2,5H3,(H2,29,32)/b23-10+,30-17?. The molecule has 33 heavy (non-hydrogen) atoms. The van der Waals surface area contributed by atoms with Gasteiger partial charge >= 0.3 is 0 Å². The van der Waals surface area contributed by atoms with E-state index in [4.69, 9.17) is 10.5 Å². The van der Waals surface area contributed by atoms with Crippen LogP contribution in [0.3, 0.4) is 0 Å². The number of amides is 1. The predicted molar refractivity (Wildman–Crippen MR) is 133 cm³/mol. The first-order valence-corrected chi connectivity index (χ1v) is 11.0. The van der Waals surface area contributed by atoms with Crippen LogP contribution in [0.4, 0.5) is 4.39 Å². The second-order valence-corrected chi connectivity index (χ2v) is 8.61. The van der Waals surface area contributed by atoms with Crippen LogP contribution in [0.2, 0.25) is 0 Å². The lowest BCUT2D eigenvalue weighted by atomic mass is 9.65. The minimum atomic E-state index is -0.599. The summed E-state index contributed by atoms with van der Waals surface area (Å²) in [7, 11) is 0. The van der Waals surface area contributed by atoms with E-state index in [9.17, 15) is 9.18 Å². The van der Waals surface area contributed by atoms with Gasteiger partial charge in [-0.05, 0) is 55.6 Å². The molecular formula is C27H34FN3O2. The maximum atomic E-state index is 13.6. The van der Waals surface area contributed by atoms with Gasteiger partial charge in [-0.1, -0.05) is 50.7 Å². The van der Waals surface area contributed by atoms with Crippen LogP contribution < -0.4 is 11.1 Å². The van der Waals surface area contributed by atoms with Gasteiger partial charge < -0.3 is 15.8 Å². The maximum Gasteiger partial charge on any atom is 0.232 e. The number of carbonyl (C=O) groups is 1. The molecule has 0 bridgehead atoms. The molecule has 3 N–H and O–H groups in total. The van der Waals surface area contributed by atoms with Gasteiger partial charge in [0, 0.05) is 30.5 Å². The number of rotatable bonds is 10. The van der Waals surface area contributed by atoms with E-state index in [2.05, 4.69) is 48.8 Å². The Bertz CT molecular complexity index is 971. The Morgan fingerprint density at radius 2 is 2.24 bits per heavy atom. The van der Waals surface area contributed by atoms with Crippen LogP contribution in [0.1, 0.15) is 33.1 Å². The van der Waals surface area contributed by atoms with E-state index in [-0.39, 0.29) is 11.2 Å². The lowest BCUT2D eigenvalue weighted by Gasteiger charge is -2.45. The lowest BCUT2D eigenvalue weighted by molar-refractivity contribution is -0.119. The fraction of sp³-hybridized carbons (Fsp3) is 0.407. The fourth-order valence-electron chi connectivity index (χ4n) is 3.88. The molecule has 0 aromatic carbocycles. The van der Waals surface area contributed by atoms with Crippen molar-refractivity contribution < 1.29 is 13.9 Å². The number of hydrogen-bond acceptors (Lipinski definition) is 4. The minimum Gasteiger partial charge on any atom is -0.383 e. The highest BCUT2D eigenvalue weighted by molar-refractivity contribution is 5.81. The molecule has 3 unspecified atom stereocenters. The molecule has 0 aromatic heterocycles. The normalized spacial score (nSPS) is 25.7. The van der Waals surface area contributed by atoms with E-state index < -0.39 is 17.4 Å². The van der Waals surface area contributed by atoms with Crippen LogP contribution in [0.5, 0.6) is 0 Å². The predicted octanol–water partition coefficient (Wildman–Crippen LogP) is 4.32. The summed E-state index contributed by atoms with van der Waals surface area (Å²) in [5.41, 5.74) is 6.57. The van der Waals surface area contributed by atoms with Crippen LogP contribution in [0.15, 0.2) is 77.8 Å². The van der Waals surface area contributed by atoms with Crippen molar-refractivity contribution >= 4 is 12.1 Å². The quantitative estimate of drug-likeness (QED) is 0.295. The van der Waals surface area contributed by atoms with Crippen molar-refractivity contribution in [2.45, 2.75) is 38.7 Å². The van der Waals surface area contributed by atoms with Crippen molar-refractivity contribution in [1.82, 2.24) is 5.32 Å². The molecule has 1 fully saturated rings. The van der Waals surface area contributed by atoms with Crippen molar-refractivity contribution in [3.05, 3.63) is 72.8 Å². The second kappa shape index (κ2) is 11.6. The molecule has 0 saturated carbocycles. The first-order chi connectivity index (χ1) is 15.6. The molecule has 1 heterocycles. The van der Waals surface area contributed by atoms with Gasteiger partial charge in [-0.2, -0.15) is 0 Å². The molecule has 6 heteroatoms. The smallest absolute Gasteiger partial charge is 0.232 e. The van der Waals surface area contributed by atoms with E-state index in [0.717, 1.165) is 29.7 Å². The van der Waals surface area contributed by atoms with E-state index in [1.165, 1.54) is 6.08 Å². The Morgan fingerprint density at radius 3 is 2.82 bits per heavy atom. The van der Waals surface area contributed by atoms with Gasteiger partial charge in [-0.25, -0.2) is 4.39 Å². The summed E-state index contributed by atoms with van der Waals surface area (Å²) < 4.78 is 19.8. The number of nitrogens with zero attached hydrogens (tertiary/aromatic N) is 1. The topological polar surface area (TPSA) is 76.7 Å². The van der Waals surface area contributed by atoms with Crippen LogP contribution >= 0.6 is 0 Å². The van der Waals surface area contributed by atoms with Gasteiger partial charge in [0.2, 0.25) is 5.91 Å².